The van der Waals surface area contributed by atoms with Gasteiger partial charge in [-0.1, -0.05) is 133 Å². The molecule has 0 fully saturated rings. The van der Waals surface area contributed by atoms with E-state index in [1.807, 2.05) is 176 Å². The number of carbonyl (C=O) groups is 3. The molecule has 0 saturated heterocycles. The van der Waals surface area contributed by atoms with Gasteiger partial charge in [-0.3, -0.25) is 24.4 Å². The number of ketones is 3. The van der Waals surface area contributed by atoms with Crippen LogP contribution in [-0.4, -0.2) is 62.6 Å². The van der Waals surface area contributed by atoms with Crippen LogP contribution in [0.15, 0.2) is 321 Å². The molecule has 9 aromatic carbocycles. The maximum absolute atomic E-state index is 10.0. The Balaban J connectivity index is 0.000000257. The standard InChI is InChI=1S/C17H10NS.2C15H10N.C14H9N2.C11H8N.3C5H8O2.4Ir/c1-2-8-13-12(6-1)7-5-9-14(13)17-18-15-10-3-4-11-16(15)19-17;1-2-7-13(8-3-1)15-14-9-5-4-6-12(14)10-11-16-15;1-2-6-12(7-3-1)15-10-13-8-4-5-9-14(13)11-16-15;1-2-4-13-11(3-1)7-10-16-14(13)12-5-8-15-9-6-12;1-2-6-10(7-3-1)11-8-4-5-9-12-11;3*1-4(6)3-5(2)7;;;;/h1-8,10-11H;1-7,9-11H;1-6,8-11H;1-5,7-10H;1-6,8-9H;3*3,6H,1-2H3;;;;/q5*-1;;;;;;;. The number of carbonyl (C=O) groups excluding carboxylic acids is 3. The van der Waals surface area contributed by atoms with Gasteiger partial charge in [-0.2, -0.15) is 23.0 Å². The summed E-state index contributed by atoms with van der Waals surface area (Å²) < 4.78 is 1.22. The molecule has 17 heteroatoms. The van der Waals surface area contributed by atoms with Gasteiger partial charge in [0.15, 0.2) is 17.3 Å². The van der Waals surface area contributed by atoms with Gasteiger partial charge in [0.1, 0.15) is 0 Å². The average molecular weight is 2100 g/mol. The molecule has 0 aliphatic heterocycles. The van der Waals surface area contributed by atoms with Crippen molar-refractivity contribution < 1.29 is 110 Å². The second-order valence-corrected chi connectivity index (χ2v) is 23.0. The number of fused-ring (bicyclic) bond motifs is 5. The summed E-state index contributed by atoms with van der Waals surface area (Å²) in [7, 11) is 0. The summed E-state index contributed by atoms with van der Waals surface area (Å²) in [5.74, 6) is -0.187. The fourth-order valence-corrected chi connectivity index (χ4v) is 10.7. The molecular formula is C87H71Ir4N6O6S-5. The van der Waals surface area contributed by atoms with E-state index in [0.29, 0.717) is 0 Å². The van der Waals surface area contributed by atoms with Crippen LogP contribution in [0.2, 0.25) is 0 Å². The van der Waals surface area contributed by atoms with Gasteiger partial charge in [0.2, 0.25) is 0 Å². The van der Waals surface area contributed by atoms with Crippen LogP contribution in [0.3, 0.4) is 0 Å². The summed E-state index contributed by atoms with van der Waals surface area (Å²) in [6.45, 7) is 8.54. The number of pyridine rings is 5. The smallest absolute Gasteiger partial charge is 0.155 e. The summed E-state index contributed by atoms with van der Waals surface area (Å²) in [5.41, 5.74) is 10.2. The monoisotopic (exact) mass is 2100 g/mol. The van der Waals surface area contributed by atoms with Gasteiger partial charge < -0.3 is 35.3 Å². The Labute approximate surface area is 665 Å². The first-order chi connectivity index (χ1) is 48.6. The Morgan fingerprint density at radius 1 is 0.365 bits per heavy atom. The molecule has 6 heterocycles. The fraction of sp³-hybridized carbons (Fsp3) is 0.0690. The molecule has 3 N–H and O–H groups in total. The number of rotatable bonds is 8. The first kappa shape index (κ1) is 86.3. The molecule has 0 amide bonds. The average Bonchev–Trinajstić information content (AvgIpc) is 1.73. The van der Waals surface area contributed by atoms with Gasteiger partial charge >= 0.3 is 0 Å². The number of allylic oxidation sites excluding steroid dienone is 6. The van der Waals surface area contributed by atoms with Gasteiger partial charge in [-0.05, 0) is 139 Å². The van der Waals surface area contributed by atoms with E-state index in [-0.39, 0.29) is 115 Å². The molecule has 0 atom stereocenters. The number of aromatic nitrogens is 6. The van der Waals surface area contributed by atoms with Gasteiger partial charge in [-0.15, -0.1) is 143 Å². The maximum atomic E-state index is 10.0. The molecule has 15 rings (SSSR count). The van der Waals surface area contributed by atoms with Gasteiger partial charge in [-0.25, -0.2) is 0 Å². The largest absolute Gasteiger partial charge is 0.512 e. The van der Waals surface area contributed by atoms with Crippen LogP contribution in [0.1, 0.15) is 41.5 Å². The first-order valence-corrected chi connectivity index (χ1v) is 32.5. The van der Waals surface area contributed by atoms with Crippen LogP contribution >= 0.6 is 11.3 Å². The van der Waals surface area contributed by atoms with Gasteiger partial charge in [0.05, 0.1) is 22.8 Å². The SMILES string of the molecule is CC(=O)C=C(C)O.CC(=O)C=C(C)O.CC(=O)C=C(C)O.[Ir].[Ir].[Ir].[Ir].[c-]1ccc2ccccc2c1-c1nc2ccccc2s1.[c-]1ccccc1-c1cc2ccccc2cn1.[c-]1ccccc1-c1ccccn1.[c-]1ccccc1-c1nccc2ccccc12.[c-]1cnccc1-c1nccc2ccccc12. The number of aliphatic hydroxyl groups is 3. The summed E-state index contributed by atoms with van der Waals surface area (Å²) in [4.78, 5) is 56.3. The molecule has 0 spiro atoms. The second kappa shape index (κ2) is 46.5. The zero-order chi connectivity index (χ0) is 70.9. The third-order valence-electron chi connectivity index (χ3n) is 13.9. The fourth-order valence-electron chi connectivity index (χ4n) is 9.73. The van der Waals surface area contributed by atoms with E-state index in [1.54, 1.807) is 29.9 Å². The van der Waals surface area contributed by atoms with E-state index < -0.39 is 0 Å². The molecule has 0 bridgehead atoms. The number of thiazole rings is 1. The molecule has 12 nitrogen and oxygen atoms in total. The van der Waals surface area contributed by atoms with E-state index in [1.165, 1.54) is 102 Å². The van der Waals surface area contributed by atoms with Crippen molar-refractivity contribution in [1.82, 2.24) is 29.9 Å². The van der Waals surface area contributed by atoms with Crippen molar-refractivity contribution in [3.8, 4) is 55.6 Å². The maximum Gasteiger partial charge on any atom is 0.155 e. The van der Waals surface area contributed by atoms with Crippen LogP contribution in [0.25, 0.3) is 109 Å². The zero-order valence-electron chi connectivity index (χ0n) is 57.4. The van der Waals surface area contributed by atoms with Crippen molar-refractivity contribution in [3.05, 3.63) is 352 Å². The predicted octanol–water partition coefficient (Wildman–Crippen LogP) is 21.1. The number of aliphatic hydroxyl groups excluding tert-OH is 3. The van der Waals surface area contributed by atoms with E-state index in [9.17, 15) is 14.4 Å². The molecule has 0 unspecified atom stereocenters. The summed E-state index contributed by atoms with van der Waals surface area (Å²) >= 11 is 1.72. The Hall–Kier alpha value is -10.1. The van der Waals surface area contributed by atoms with Crippen LogP contribution in [0.4, 0.5) is 0 Å². The topological polar surface area (TPSA) is 189 Å². The third kappa shape index (κ3) is 28.3. The van der Waals surface area contributed by atoms with E-state index in [4.69, 9.17) is 20.3 Å². The van der Waals surface area contributed by atoms with E-state index >= 15 is 0 Å². The number of para-hydroxylation sites is 1. The van der Waals surface area contributed by atoms with E-state index in [0.717, 1.165) is 66.5 Å². The quantitative estimate of drug-likeness (QED) is 0.0743. The summed E-state index contributed by atoms with van der Waals surface area (Å²) in [5, 5.41) is 35.7. The summed E-state index contributed by atoms with van der Waals surface area (Å²) in [6, 6.07) is 99.0. The molecule has 532 valence electrons. The molecule has 6 aromatic heterocycles. The normalized spacial score (nSPS) is 10.3. The molecule has 104 heavy (non-hydrogen) atoms. The van der Waals surface area contributed by atoms with Gasteiger partial charge in [0, 0.05) is 133 Å². The van der Waals surface area contributed by atoms with Crippen LogP contribution in [0, 0.1) is 30.3 Å². The molecule has 15 aromatic rings. The van der Waals surface area contributed by atoms with Gasteiger partial charge in [0.25, 0.3) is 0 Å². The van der Waals surface area contributed by atoms with Crippen LogP contribution in [-0.2, 0) is 94.8 Å². The first-order valence-electron chi connectivity index (χ1n) is 31.7. The Bertz CT molecular complexity index is 4920. The molecule has 0 saturated carbocycles. The van der Waals surface area contributed by atoms with Crippen molar-refractivity contribution in [2.24, 2.45) is 0 Å². The van der Waals surface area contributed by atoms with Crippen molar-refractivity contribution in [2.75, 3.05) is 0 Å². The van der Waals surface area contributed by atoms with E-state index in [2.05, 4.69) is 146 Å². The van der Waals surface area contributed by atoms with Crippen LogP contribution < -0.4 is 0 Å². The number of benzene rings is 9. The van der Waals surface area contributed by atoms with Crippen LogP contribution in [0.5, 0.6) is 0 Å². The van der Waals surface area contributed by atoms with Crippen molar-refractivity contribution >= 4 is 82.0 Å². The number of hydrogen-bond acceptors (Lipinski definition) is 13. The number of hydrogen-bond donors (Lipinski definition) is 3. The molecular weight excluding hydrogens is 2030 g/mol. The zero-order valence-corrected chi connectivity index (χ0v) is 67.8. The summed E-state index contributed by atoms with van der Waals surface area (Å²) in [6.07, 6.45) is 14.3. The Morgan fingerprint density at radius 2 is 0.808 bits per heavy atom. The molecule has 4 radical (unpaired) electrons. The minimum atomic E-state index is -0.125. The second-order valence-electron chi connectivity index (χ2n) is 22.0. The third-order valence-corrected chi connectivity index (χ3v) is 15.0. The Morgan fingerprint density at radius 3 is 1.27 bits per heavy atom. The van der Waals surface area contributed by atoms with Crippen molar-refractivity contribution in [3.63, 3.8) is 0 Å². The minimum absolute atomic E-state index is 0. The molecule has 0 aliphatic rings. The molecule has 0 aliphatic carbocycles. The number of nitrogens with zero attached hydrogens (tertiary/aromatic N) is 6. The predicted molar refractivity (Wildman–Crippen MR) is 407 cm³/mol. The minimum Gasteiger partial charge on any atom is -0.512 e. The Kier molecular flexibility index (Phi) is 38.6. The van der Waals surface area contributed by atoms with Crippen molar-refractivity contribution in [2.45, 2.75) is 41.5 Å². The van der Waals surface area contributed by atoms with Crippen molar-refractivity contribution in [1.29, 1.82) is 0 Å².